The Hall–Kier alpha value is -3.32. The van der Waals surface area contributed by atoms with E-state index in [9.17, 15) is 10.1 Å². The molecule has 3 aromatic rings. The molecule has 7 heteroatoms. The zero-order chi connectivity index (χ0) is 22.8. The maximum absolute atomic E-state index is 11.4. The Morgan fingerprint density at radius 3 is 2.13 bits per heavy atom. The number of methoxy groups -OCH3 is 1. The number of anilines is 1. The van der Waals surface area contributed by atoms with Gasteiger partial charge in [-0.15, -0.1) is 0 Å². The second kappa shape index (κ2) is 8.43. The maximum Gasteiger partial charge on any atom is 0.320 e. The molecule has 1 unspecified atom stereocenters. The van der Waals surface area contributed by atoms with Crippen molar-refractivity contribution in [1.29, 1.82) is 0 Å². The van der Waals surface area contributed by atoms with Crippen LogP contribution in [0.3, 0.4) is 0 Å². The van der Waals surface area contributed by atoms with Gasteiger partial charge in [-0.25, -0.2) is 0 Å². The van der Waals surface area contributed by atoms with Gasteiger partial charge < -0.3 is 14.9 Å². The highest BCUT2D eigenvalue weighted by Crippen LogP contribution is 2.42. The Morgan fingerprint density at radius 2 is 1.58 bits per heavy atom. The minimum atomic E-state index is -2.94. The molecule has 0 aromatic heterocycles. The monoisotopic (exact) mass is 436 g/mol. The van der Waals surface area contributed by atoms with Crippen LogP contribution in [0.15, 0.2) is 66.7 Å². The Bertz CT molecular complexity index is 1100. The van der Waals surface area contributed by atoms with Crippen molar-refractivity contribution in [1.82, 2.24) is 0 Å². The van der Waals surface area contributed by atoms with Crippen molar-refractivity contribution in [3.63, 3.8) is 0 Å². The number of benzene rings is 3. The molecule has 0 spiro atoms. The van der Waals surface area contributed by atoms with Crippen molar-refractivity contribution in [2.45, 2.75) is 32.7 Å². The Morgan fingerprint density at radius 1 is 0.935 bits per heavy atom. The van der Waals surface area contributed by atoms with Crippen molar-refractivity contribution in [3.05, 3.63) is 82.4 Å². The molecule has 0 aliphatic heterocycles. The van der Waals surface area contributed by atoms with Gasteiger partial charge in [-0.2, -0.15) is 0 Å². The van der Waals surface area contributed by atoms with E-state index in [2.05, 4.69) is 58.0 Å². The number of hydrogen-bond acceptors (Lipinski definition) is 5. The molecule has 0 heterocycles. The Labute approximate surface area is 183 Å². The fraction of sp³-hybridized carbons (Fsp3) is 0.250. The quantitative estimate of drug-likeness (QED) is 0.267. The van der Waals surface area contributed by atoms with Gasteiger partial charge in [0.25, 0.3) is 5.69 Å². The molecule has 0 aliphatic carbocycles. The second-order valence-electron chi connectivity index (χ2n) is 8.59. The number of hydrogen-bond donors (Lipinski definition) is 1. The number of nitrogens with two attached hydrogens (primary N) is 1. The van der Waals surface area contributed by atoms with Gasteiger partial charge in [-0.3, -0.25) is 10.1 Å². The number of aryl methyl sites for hydroxylation is 1. The third kappa shape index (κ3) is 4.14. The summed E-state index contributed by atoms with van der Waals surface area (Å²) in [4.78, 5) is 10.8. The molecule has 0 amide bonds. The van der Waals surface area contributed by atoms with Crippen LogP contribution in [0.4, 0.5) is 11.4 Å². The molecule has 2 N–H and O–H groups in total. The lowest BCUT2D eigenvalue weighted by Crippen LogP contribution is -2.69. The molecule has 162 valence electrons. The molecule has 0 fully saturated rings. The summed E-state index contributed by atoms with van der Waals surface area (Å²) in [5.74, 6) is 0.683. The minimum Gasteiger partial charge on any atom is -0.531 e. The zero-order valence-electron chi connectivity index (χ0n) is 18.5. The summed E-state index contributed by atoms with van der Waals surface area (Å²) < 4.78 is 12.4. The van der Waals surface area contributed by atoms with Crippen LogP contribution in [-0.4, -0.2) is 20.4 Å². The third-order valence-corrected chi connectivity index (χ3v) is 10.3. The van der Waals surface area contributed by atoms with E-state index >= 15 is 0 Å². The zero-order valence-corrected chi connectivity index (χ0v) is 19.5. The summed E-state index contributed by atoms with van der Waals surface area (Å²) >= 11 is 0. The van der Waals surface area contributed by atoms with E-state index in [4.69, 9.17) is 14.9 Å². The molecule has 0 saturated heterocycles. The molecule has 3 aromatic carbocycles. The van der Waals surface area contributed by atoms with Gasteiger partial charge in [0.15, 0.2) is 5.75 Å². The van der Waals surface area contributed by atoms with Crippen LogP contribution in [0.2, 0.25) is 5.04 Å². The van der Waals surface area contributed by atoms with Crippen molar-refractivity contribution in [2.75, 3.05) is 12.8 Å². The van der Waals surface area contributed by atoms with Crippen molar-refractivity contribution in [2.24, 2.45) is 0 Å². The summed E-state index contributed by atoms with van der Waals surface area (Å²) in [5.41, 5.74) is 6.98. The second-order valence-corrected chi connectivity index (χ2v) is 12.8. The van der Waals surface area contributed by atoms with E-state index in [1.165, 1.54) is 19.2 Å². The fourth-order valence-corrected chi connectivity index (χ4v) is 8.49. The number of rotatable bonds is 6. The van der Waals surface area contributed by atoms with Gasteiger partial charge in [-0.05, 0) is 22.3 Å². The first-order valence-corrected chi connectivity index (χ1v) is 11.9. The normalized spacial score (nSPS) is 13.3. The predicted molar refractivity (Wildman–Crippen MR) is 127 cm³/mol. The number of ether oxygens (including phenoxy) is 1. The first kappa shape index (κ1) is 22.4. The summed E-state index contributed by atoms with van der Waals surface area (Å²) in [7, 11) is -1.47. The lowest BCUT2D eigenvalue weighted by molar-refractivity contribution is -0.384. The standard InChI is InChI=1S/C24H28N2O4Si/c1-17-10-9-13-19(14-17)31(24(2,3)4,18-11-7-6-8-12-18)30-23-15-20(25)21(26(27)28)16-22(23)29-5/h6-16H,25H2,1-5H3. The van der Waals surface area contributed by atoms with Crippen molar-refractivity contribution in [3.8, 4) is 11.5 Å². The van der Waals surface area contributed by atoms with Gasteiger partial charge in [-0.1, -0.05) is 80.9 Å². The van der Waals surface area contributed by atoms with E-state index in [1.54, 1.807) is 0 Å². The van der Waals surface area contributed by atoms with Crippen LogP contribution < -0.4 is 25.3 Å². The maximum atomic E-state index is 11.4. The molecule has 3 rings (SSSR count). The molecule has 0 saturated carbocycles. The molecule has 0 aliphatic rings. The smallest absolute Gasteiger partial charge is 0.320 e. The van der Waals surface area contributed by atoms with E-state index in [0.717, 1.165) is 15.9 Å². The van der Waals surface area contributed by atoms with Crippen molar-refractivity contribution >= 4 is 30.1 Å². The van der Waals surface area contributed by atoms with E-state index in [1.807, 2.05) is 24.3 Å². The van der Waals surface area contributed by atoms with Crippen LogP contribution in [0.5, 0.6) is 11.5 Å². The topological polar surface area (TPSA) is 87.6 Å². The van der Waals surface area contributed by atoms with Crippen LogP contribution in [0.25, 0.3) is 0 Å². The predicted octanol–water partition coefficient (Wildman–Crippen LogP) is 4.43. The Balaban J connectivity index is 2.33. The molecule has 0 radical (unpaired) electrons. The van der Waals surface area contributed by atoms with Crippen LogP contribution in [0, 0.1) is 17.0 Å². The van der Waals surface area contributed by atoms with Gasteiger partial charge in [0, 0.05) is 6.07 Å². The van der Waals surface area contributed by atoms with E-state index < -0.39 is 13.2 Å². The average molecular weight is 437 g/mol. The lowest BCUT2D eigenvalue weighted by Gasteiger charge is -2.43. The van der Waals surface area contributed by atoms with Crippen molar-refractivity contribution < 1.29 is 14.1 Å². The lowest BCUT2D eigenvalue weighted by atomic mass is 10.2. The Kier molecular flexibility index (Phi) is 6.08. The van der Waals surface area contributed by atoms with Gasteiger partial charge in [0.1, 0.15) is 11.4 Å². The average Bonchev–Trinajstić information content (AvgIpc) is 2.71. The minimum absolute atomic E-state index is 0.0370. The molecule has 6 nitrogen and oxygen atoms in total. The van der Waals surface area contributed by atoms with Gasteiger partial charge >= 0.3 is 8.32 Å². The van der Waals surface area contributed by atoms with Crippen LogP contribution in [0.1, 0.15) is 26.3 Å². The molecule has 31 heavy (non-hydrogen) atoms. The SMILES string of the molecule is COc1cc([N+](=O)[O-])c(N)cc1O[Si](c1ccccc1)(c1cccc(C)c1)C(C)(C)C. The van der Waals surface area contributed by atoms with Gasteiger partial charge in [0.2, 0.25) is 0 Å². The molecular weight excluding hydrogens is 408 g/mol. The summed E-state index contributed by atoms with van der Waals surface area (Å²) in [6.45, 7) is 8.54. The number of nitro benzene ring substituents is 1. The molecule has 1 atom stereocenters. The number of nitrogens with zero attached hydrogens (tertiary/aromatic N) is 1. The summed E-state index contributed by atoms with van der Waals surface area (Å²) in [6, 6.07) is 21.3. The molecule has 0 bridgehead atoms. The first-order valence-electron chi connectivity index (χ1n) is 10.0. The highest BCUT2D eigenvalue weighted by molar-refractivity contribution is 7.00. The summed E-state index contributed by atoms with van der Waals surface area (Å²) in [6.07, 6.45) is 0. The highest BCUT2D eigenvalue weighted by Gasteiger charge is 2.52. The summed E-state index contributed by atoms with van der Waals surface area (Å²) in [5, 5.41) is 13.3. The largest absolute Gasteiger partial charge is 0.531 e. The van der Waals surface area contributed by atoms with E-state index in [0.29, 0.717) is 5.75 Å². The fourth-order valence-electron chi connectivity index (χ4n) is 3.97. The van der Waals surface area contributed by atoms with E-state index in [-0.39, 0.29) is 22.2 Å². The van der Waals surface area contributed by atoms with Crippen LogP contribution in [-0.2, 0) is 0 Å². The number of nitrogen functional groups attached to an aromatic ring is 1. The first-order chi connectivity index (χ1) is 14.6. The van der Waals surface area contributed by atoms with Crippen LogP contribution >= 0.6 is 0 Å². The third-order valence-electron chi connectivity index (χ3n) is 5.43. The van der Waals surface area contributed by atoms with Gasteiger partial charge in [0.05, 0.1) is 18.1 Å². The highest BCUT2D eigenvalue weighted by atomic mass is 28.4. The molecular formula is C24H28N2O4Si. The number of nitro groups is 1.